The number of hydrogen-bond acceptors (Lipinski definition) is 4. The van der Waals surface area contributed by atoms with E-state index in [1.54, 1.807) is 11.0 Å². The summed E-state index contributed by atoms with van der Waals surface area (Å²) in [7, 11) is 0. The van der Waals surface area contributed by atoms with Gasteiger partial charge in [0.05, 0.1) is 12.6 Å². The smallest absolute Gasteiger partial charge is 0.137 e. The Morgan fingerprint density at radius 3 is 2.51 bits per heavy atom. The maximum atomic E-state index is 15.5. The molecule has 0 radical (unpaired) electrons. The Kier molecular flexibility index (Phi) is 6.51. The number of piperidine rings is 3. The molecule has 5 nitrogen and oxygen atoms in total. The average molecular weight is 480 g/mol. The molecule has 2 bridgehead atoms. The Labute approximate surface area is 207 Å². The Hall–Kier alpha value is -2.60. The molecule has 6 rings (SSSR count). The molecule has 2 atom stereocenters. The molecule has 2 aromatic rings. The van der Waals surface area contributed by atoms with Crippen molar-refractivity contribution in [2.45, 2.75) is 65.0 Å². The number of benzene rings is 2. The number of hydrogen-bond donors (Lipinski definition) is 0. The van der Waals surface area contributed by atoms with Gasteiger partial charge >= 0.3 is 0 Å². The minimum atomic E-state index is -1.14. The molecule has 0 N–H and O–H groups in total. The first-order valence-electron chi connectivity index (χ1n) is 13.1. The van der Waals surface area contributed by atoms with E-state index in [4.69, 9.17) is 4.74 Å². The fourth-order valence-electron chi connectivity index (χ4n) is 6.54. The highest BCUT2D eigenvalue weighted by Gasteiger charge is 2.48. The Bertz CT molecular complexity index is 1080. The number of ether oxygens (including phenoxy) is 1. The summed E-state index contributed by atoms with van der Waals surface area (Å²) in [4.78, 5) is 16.5. The first kappa shape index (κ1) is 24.1. The number of nitrogens with zero attached hydrogens (tertiary/aromatic N) is 2. The van der Waals surface area contributed by atoms with E-state index in [2.05, 4.69) is 25.7 Å². The van der Waals surface area contributed by atoms with Gasteiger partial charge in [0, 0.05) is 18.2 Å². The third-order valence-electron chi connectivity index (χ3n) is 8.31. The van der Waals surface area contributed by atoms with Gasteiger partial charge < -0.3 is 24.4 Å². The van der Waals surface area contributed by atoms with Crippen molar-refractivity contribution < 1.29 is 19.0 Å². The molecule has 3 aliphatic heterocycles. The van der Waals surface area contributed by atoms with E-state index in [-0.39, 0.29) is 17.3 Å². The number of fused-ring (bicyclic) bond motifs is 4. The van der Waals surface area contributed by atoms with Crippen molar-refractivity contribution in [3.8, 4) is 16.9 Å². The molecule has 4 aliphatic rings. The van der Waals surface area contributed by atoms with Crippen molar-refractivity contribution in [3.05, 3.63) is 53.3 Å². The molecule has 3 saturated heterocycles. The number of unbranched alkanes of at least 4 members (excludes halogenated alkanes) is 1. The van der Waals surface area contributed by atoms with Gasteiger partial charge in [0.2, 0.25) is 0 Å². The standard InChI is InChI=1S/C29H37FN2O3/c1-4-5-14-35-22-8-6-19(7-9-22)23-15-21-17-29(2,3)27(24(21)16-25(23)30)32(28(33)34)26-18-31-12-10-20(26)11-13-31/h6-9,15-16,20,26-27H,4-5,10-14,17-18H2,1-3H3,(H,33,34)/p-1/t26-,27+/m1/s1. The van der Waals surface area contributed by atoms with Gasteiger partial charge in [-0.15, -0.1) is 0 Å². The number of amides is 1. The summed E-state index contributed by atoms with van der Waals surface area (Å²) in [6.45, 7) is 9.80. The van der Waals surface area contributed by atoms with E-state index < -0.39 is 12.1 Å². The third kappa shape index (κ3) is 4.53. The van der Waals surface area contributed by atoms with Crippen LogP contribution in [0.25, 0.3) is 11.1 Å². The lowest BCUT2D eigenvalue weighted by Crippen LogP contribution is -2.62. The van der Waals surface area contributed by atoms with Gasteiger partial charge in [-0.1, -0.05) is 39.3 Å². The van der Waals surface area contributed by atoms with Gasteiger partial charge in [-0.3, -0.25) is 0 Å². The zero-order chi connectivity index (χ0) is 24.7. The fraction of sp³-hybridized carbons (Fsp3) is 0.552. The van der Waals surface area contributed by atoms with Gasteiger partial charge in [0.1, 0.15) is 17.7 Å². The highest BCUT2D eigenvalue weighted by Crippen LogP contribution is 2.52. The van der Waals surface area contributed by atoms with Gasteiger partial charge in [0.15, 0.2) is 0 Å². The van der Waals surface area contributed by atoms with Crippen LogP contribution in [0.2, 0.25) is 0 Å². The summed E-state index contributed by atoms with van der Waals surface area (Å²) in [5.41, 5.74) is 2.80. The van der Waals surface area contributed by atoms with E-state index in [1.807, 2.05) is 30.3 Å². The predicted octanol–water partition coefficient (Wildman–Crippen LogP) is 5.03. The Balaban J connectivity index is 1.46. The normalized spacial score (nSPS) is 26.4. The SMILES string of the molecule is CCCCOc1ccc(-c2cc3c(cc2F)[C@H](N(C(=O)[O-])[C@@H]2CN4CCC2CC4)C(C)(C)C3)cc1. The quantitative estimate of drug-likeness (QED) is 0.523. The van der Waals surface area contributed by atoms with Gasteiger partial charge in [-0.2, -0.15) is 0 Å². The molecule has 0 unspecified atom stereocenters. The number of carboxylic acid groups (broad SMARTS) is 1. The van der Waals surface area contributed by atoms with Gasteiger partial charge in [-0.25, -0.2) is 4.39 Å². The fourth-order valence-corrected chi connectivity index (χ4v) is 6.54. The van der Waals surface area contributed by atoms with Gasteiger partial charge in [0.25, 0.3) is 0 Å². The van der Waals surface area contributed by atoms with Crippen LogP contribution in [0, 0.1) is 17.2 Å². The van der Waals surface area contributed by atoms with Crippen molar-refractivity contribution >= 4 is 6.09 Å². The van der Waals surface area contributed by atoms with Gasteiger partial charge in [-0.05, 0) is 91.1 Å². The molecule has 0 spiro atoms. The van der Waals surface area contributed by atoms with E-state index in [1.165, 1.54) is 0 Å². The topological polar surface area (TPSA) is 55.8 Å². The van der Waals surface area contributed by atoms with Crippen molar-refractivity contribution in [1.82, 2.24) is 9.80 Å². The van der Waals surface area contributed by atoms with Crippen LogP contribution in [0.15, 0.2) is 36.4 Å². The second-order valence-electron chi connectivity index (χ2n) is 11.2. The van der Waals surface area contributed by atoms with Crippen molar-refractivity contribution in [3.63, 3.8) is 0 Å². The third-order valence-corrected chi connectivity index (χ3v) is 8.31. The van der Waals surface area contributed by atoms with E-state index >= 15 is 4.39 Å². The number of carbonyl (C=O) groups is 1. The Morgan fingerprint density at radius 1 is 1.20 bits per heavy atom. The zero-order valence-corrected chi connectivity index (χ0v) is 21.1. The number of halogens is 1. The monoisotopic (exact) mass is 479 g/mol. The molecule has 188 valence electrons. The predicted molar refractivity (Wildman–Crippen MR) is 133 cm³/mol. The van der Waals surface area contributed by atoms with Crippen molar-refractivity contribution in [1.29, 1.82) is 0 Å². The average Bonchev–Trinajstić information content (AvgIpc) is 3.09. The summed E-state index contributed by atoms with van der Waals surface area (Å²) >= 11 is 0. The second-order valence-corrected chi connectivity index (χ2v) is 11.2. The molecule has 0 aromatic heterocycles. The summed E-state index contributed by atoms with van der Waals surface area (Å²) in [6, 6.07) is 10.5. The van der Waals surface area contributed by atoms with Crippen molar-refractivity contribution in [2.24, 2.45) is 11.3 Å². The molecule has 1 aliphatic carbocycles. The maximum Gasteiger partial charge on any atom is 0.137 e. The summed E-state index contributed by atoms with van der Waals surface area (Å²) in [5, 5.41) is 12.5. The molecule has 1 amide bonds. The molecular weight excluding hydrogens is 443 g/mol. The molecule has 3 heterocycles. The van der Waals surface area contributed by atoms with Crippen LogP contribution in [0.1, 0.15) is 63.6 Å². The highest BCUT2D eigenvalue weighted by molar-refractivity contribution is 5.69. The highest BCUT2D eigenvalue weighted by atomic mass is 19.1. The zero-order valence-electron chi connectivity index (χ0n) is 21.1. The van der Waals surface area contributed by atoms with E-state index in [9.17, 15) is 9.90 Å². The van der Waals surface area contributed by atoms with E-state index in [0.717, 1.165) is 67.8 Å². The molecule has 6 heteroatoms. The first-order chi connectivity index (χ1) is 16.8. The van der Waals surface area contributed by atoms with Crippen LogP contribution < -0.4 is 9.84 Å². The van der Waals surface area contributed by atoms with Crippen LogP contribution in [-0.4, -0.2) is 48.2 Å². The molecule has 35 heavy (non-hydrogen) atoms. The van der Waals surface area contributed by atoms with Crippen molar-refractivity contribution in [2.75, 3.05) is 26.2 Å². The largest absolute Gasteiger partial charge is 0.530 e. The summed E-state index contributed by atoms with van der Waals surface area (Å²) in [6.07, 6.45) is 3.66. The van der Waals surface area contributed by atoms with Crippen LogP contribution >= 0.6 is 0 Å². The minimum absolute atomic E-state index is 0.0966. The van der Waals surface area contributed by atoms with Crippen LogP contribution in [0.5, 0.6) is 5.75 Å². The summed E-state index contributed by atoms with van der Waals surface area (Å²) in [5.74, 6) is 0.810. The summed E-state index contributed by atoms with van der Waals surface area (Å²) < 4.78 is 21.3. The lowest BCUT2D eigenvalue weighted by molar-refractivity contribution is -0.276. The molecular formula is C29H36FN2O3-. The Morgan fingerprint density at radius 2 is 1.91 bits per heavy atom. The molecule has 0 saturated carbocycles. The van der Waals surface area contributed by atoms with Crippen LogP contribution in [-0.2, 0) is 6.42 Å². The lowest BCUT2D eigenvalue weighted by atomic mass is 9.79. The minimum Gasteiger partial charge on any atom is -0.530 e. The van der Waals surface area contributed by atoms with Crippen LogP contribution in [0.4, 0.5) is 9.18 Å². The number of rotatable bonds is 7. The van der Waals surface area contributed by atoms with Crippen LogP contribution in [0.3, 0.4) is 0 Å². The lowest BCUT2D eigenvalue weighted by Gasteiger charge is -2.53. The molecule has 2 aromatic carbocycles. The first-order valence-corrected chi connectivity index (χ1v) is 13.1. The second kappa shape index (κ2) is 9.45. The maximum absolute atomic E-state index is 15.5. The van der Waals surface area contributed by atoms with E-state index in [0.29, 0.717) is 24.5 Å². The molecule has 3 fully saturated rings. The number of carbonyl (C=O) groups excluding carboxylic acids is 1.